The molecule has 0 saturated carbocycles. The van der Waals surface area contributed by atoms with E-state index in [-0.39, 0.29) is 60.9 Å². The van der Waals surface area contributed by atoms with Gasteiger partial charge in [0, 0.05) is 0 Å². The minimum Gasteiger partial charge on any atom is -0.497 e. The van der Waals surface area contributed by atoms with Gasteiger partial charge in [-0.2, -0.15) is 0 Å². The van der Waals surface area contributed by atoms with Gasteiger partial charge in [0.1, 0.15) is 42.3 Å². The first-order chi connectivity index (χ1) is 32.0. The van der Waals surface area contributed by atoms with Crippen LogP contribution in [0.2, 0.25) is 0 Å². The van der Waals surface area contributed by atoms with Crippen molar-refractivity contribution in [3.63, 3.8) is 0 Å². The maximum absolute atomic E-state index is 13.4. The molecule has 1 N–H and O–H groups in total. The van der Waals surface area contributed by atoms with Crippen LogP contribution in [0.1, 0.15) is 57.4 Å². The topological polar surface area (TPSA) is 207 Å². The molecule has 0 aliphatic rings. The van der Waals surface area contributed by atoms with E-state index in [9.17, 15) is 29.1 Å². The molecule has 0 saturated heterocycles. The lowest BCUT2D eigenvalue weighted by molar-refractivity contribution is -0.0788. The zero-order valence-corrected chi connectivity index (χ0v) is 36.7. The lowest BCUT2D eigenvalue weighted by Gasteiger charge is -2.23. The molecule has 0 spiro atoms. The minimum atomic E-state index is -1.15. The van der Waals surface area contributed by atoms with Gasteiger partial charge in [-0.15, -0.1) is 0 Å². The van der Waals surface area contributed by atoms with Crippen molar-refractivity contribution >= 4 is 29.8 Å². The quantitative estimate of drug-likeness (QED) is 0.0531. The normalized spacial score (nSPS) is 12.1. The number of carbonyl (C=O) groups is 5. The fourth-order valence-electron chi connectivity index (χ4n) is 5.83. The zero-order chi connectivity index (χ0) is 47.3. The van der Waals surface area contributed by atoms with E-state index < -0.39 is 61.4 Å². The Morgan fingerprint density at radius 3 is 0.864 bits per heavy atom. The van der Waals surface area contributed by atoms with E-state index in [1.165, 1.54) is 89.1 Å². The van der Waals surface area contributed by atoms with Crippen LogP contribution < -0.4 is 18.9 Å². The summed E-state index contributed by atoms with van der Waals surface area (Å²) in [5.74, 6) is -1.57. The first-order valence-electron chi connectivity index (χ1n) is 20.4. The standard InChI is InChI=1S/C49H50O17/c1-56-38-17-9-34(10-18-38)46(52)63-31-44(66-49(55)37-15-23-41(59-4)24-16-37)29-61-27-42(64-47(53)35-11-19-39(57-2)20-12-35)26-60-28-43(65-48(54)36-13-21-40(58-3)22-14-36)30-62-45(51)33-7-5-32(25-50)6-8-33/h5-24,42-44,50H,25-31H2,1-4H3. The third-order valence-electron chi connectivity index (χ3n) is 9.51. The van der Waals surface area contributed by atoms with Crippen LogP contribution in [-0.2, 0) is 39.8 Å². The second kappa shape index (κ2) is 25.7. The van der Waals surface area contributed by atoms with E-state index in [0.29, 0.717) is 28.6 Å². The average molecular weight is 911 g/mol. The molecule has 0 aromatic heterocycles. The largest absolute Gasteiger partial charge is 0.497 e. The Kier molecular flexibility index (Phi) is 19.3. The highest BCUT2D eigenvalue weighted by atomic mass is 16.6. The summed E-state index contributed by atoms with van der Waals surface area (Å²) in [5, 5.41) is 9.38. The van der Waals surface area contributed by atoms with Crippen molar-refractivity contribution in [2.24, 2.45) is 0 Å². The molecule has 3 unspecified atom stereocenters. The molecule has 0 fully saturated rings. The summed E-state index contributed by atoms with van der Waals surface area (Å²) in [6.45, 7) is -2.35. The summed E-state index contributed by atoms with van der Waals surface area (Å²) in [7, 11) is 5.95. The monoisotopic (exact) mass is 910 g/mol. The van der Waals surface area contributed by atoms with Crippen LogP contribution >= 0.6 is 0 Å². The van der Waals surface area contributed by atoms with Gasteiger partial charge in [0.15, 0.2) is 12.2 Å². The highest BCUT2D eigenvalue weighted by Gasteiger charge is 2.25. The van der Waals surface area contributed by atoms with E-state index in [2.05, 4.69) is 0 Å². The number of hydrogen-bond donors (Lipinski definition) is 1. The molecule has 0 heterocycles. The van der Waals surface area contributed by atoms with E-state index in [4.69, 9.17) is 52.1 Å². The molecule has 0 radical (unpaired) electrons. The maximum atomic E-state index is 13.4. The van der Waals surface area contributed by atoms with Crippen molar-refractivity contribution in [1.82, 2.24) is 0 Å². The molecule has 348 valence electrons. The molecule has 3 atom stereocenters. The summed E-state index contributed by atoms with van der Waals surface area (Å²) in [6.07, 6.45) is -3.41. The van der Waals surface area contributed by atoms with Crippen LogP contribution in [0.25, 0.3) is 0 Å². The Balaban J connectivity index is 1.29. The summed E-state index contributed by atoms with van der Waals surface area (Å²) in [6, 6.07) is 30.8. The van der Waals surface area contributed by atoms with Gasteiger partial charge in [-0.3, -0.25) is 0 Å². The predicted octanol–water partition coefficient (Wildman–Crippen LogP) is 5.94. The van der Waals surface area contributed by atoms with Crippen molar-refractivity contribution in [2.45, 2.75) is 24.9 Å². The highest BCUT2D eigenvalue weighted by molar-refractivity contribution is 5.92. The molecule has 0 amide bonds. The number of ether oxygens (including phenoxy) is 11. The molecule has 17 heteroatoms. The van der Waals surface area contributed by atoms with Gasteiger partial charge in [0.05, 0.1) is 89.3 Å². The number of aliphatic hydroxyl groups is 1. The van der Waals surface area contributed by atoms with E-state index >= 15 is 0 Å². The second-order valence-corrected chi connectivity index (χ2v) is 14.1. The Morgan fingerprint density at radius 2 is 0.606 bits per heavy atom. The molecular formula is C49H50O17. The van der Waals surface area contributed by atoms with Gasteiger partial charge in [0.2, 0.25) is 0 Å². The average Bonchev–Trinajstić information content (AvgIpc) is 3.36. The molecule has 5 aromatic rings. The number of benzene rings is 5. The predicted molar refractivity (Wildman–Crippen MR) is 234 cm³/mol. The van der Waals surface area contributed by atoms with Gasteiger partial charge in [-0.1, -0.05) is 12.1 Å². The van der Waals surface area contributed by atoms with Crippen LogP contribution in [0.15, 0.2) is 121 Å². The van der Waals surface area contributed by atoms with Crippen molar-refractivity contribution in [3.05, 3.63) is 155 Å². The van der Waals surface area contributed by atoms with Gasteiger partial charge < -0.3 is 57.2 Å². The van der Waals surface area contributed by atoms with Gasteiger partial charge in [0.25, 0.3) is 0 Å². The molecular weight excluding hydrogens is 861 g/mol. The lowest BCUT2D eigenvalue weighted by Crippen LogP contribution is -2.35. The number of aliphatic hydroxyl groups excluding tert-OH is 1. The van der Waals surface area contributed by atoms with Crippen LogP contribution in [0.3, 0.4) is 0 Å². The molecule has 0 aliphatic heterocycles. The SMILES string of the molecule is COc1ccc(C(=O)OCC(COCC(COCC(COC(=O)c2ccc(CO)cc2)OC(=O)c2ccc(OC)cc2)OC(=O)c2ccc(OC)cc2)OC(=O)c2ccc(OC)cc2)cc1. The number of esters is 5. The summed E-state index contributed by atoms with van der Waals surface area (Å²) in [5.41, 5.74) is 1.56. The highest BCUT2D eigenvalue weighted by Crippen LogP contribution is 2.18. The Labute approximate surface area is 380 Å². The number of hydrogen-bond acceptors (Lipinski definition) is 17. The van der Waals surface area contributed by atoms with Crippen LogP contribution in [0, 0.1) is 0 Å². The van der Waals surface area contributed by atoms with E-state index in [1.54, 1.807) is 60.7 Å². The summed E-state index contributed by atoms with van der Waals surface area (Å²) < 4.78 is 60.8. The van der Waals surface area contributed by atoms with Crippen LogP contribution in [0.5, 0.6) is 23.0 Å². The molecule has 66 heavy (non-hydrogen) atoms. The third-order valence-corrected chi connectivity index (χ3v) is 9.51. The van der Waals surface area contributed by atoms with Crippen molar-refractivity contribution < 1.29 is 81.2 Å². The maximum Gasteiger partial charge on any atom is 0.338 e. The minimum absolute atomic E-state index is 0.183. The second-order valence-electron chi connectivity index (χ2n) is 14.1. The Hall–Kier alpha value is -7.47. The summed E-state index contributed by atoms with van der Waals surface area (Å²) >= 11 is 0. The Bertz CT molecular complexity index is 2180. The number of rotatable bonds is 25. The fraction of sp³-hybridized carbons (Fsp3) is 0.286. The van der Waals surface area contributed by atoms with E-state index in [0.717, 1.165) is 0 Å². The van der Waals surface area contributed by atoms with Gasteiger partial charge in [-0.05, 0) is 115 Å². The van der Waals surface area contributed by atoms with Crippen LogP contribution in [0.4, 0.5) is 0 Å². The Morgan fingerprint density at radius 1 is 0.364 bits per heavy atom. The first kappa shape index (κ1) is 49.5. The molecule has 0 aliphatic carbocycles. The first-order valence-corrected chi connectivity index (χ1v) is 20.4. The zero-order valence-electron chi connectivity index (χ0n) is 36.7. The summed E-state index contributed by atoms with van der Waals surface area (Å²) in [4.78, 5) is 65.8. The lowest BCUT2D eigenvalue weighted by atomic mass is 10.1. The molecule has 17 nitrogen and oxygen atoms in total. The molecule has 0 bridgehead atoms. The fourth-order valence-corrected chi connectivity index (χ4v) is 5.83. The number of carbonyl (C=O) groups excluding carboxylic acids is 5. The molecule has 5 rings (SSSR count). The van der Waals surface area contributed by atoms with Gasteiger partial charge >= 0.3 is 29.8 Å². The third kappa shape index (κ3) is 15.4. The number of methoxy groups -OCH3 is 4. The van der Waals surface area contributed by atoms with Crippen molar-refractivity contribution in [3.8, 4) is 23.0 Å². The molecule has 5 aromatic carbocycles. The van der Waals surface area contributed by atoms with Gasteiger partial charge in [-0.25, -0.2) is 24.0 Å². The van der Waals surface area contributed by atoms with Crippen molar-refractivity contribution in [1.29, 1.82) is 0 Å². The smallest absolute Gasteiger partial charge is 0.338 e. The van der Waals surface area contributed by atoms with Crippen molar-refractivity contribution in [2.75, 3.05) is 68.1 Å². The van der Waals surface area contributed by atoms with Crippen LogP contribution in [-0.4, -0.2) is 121 Å². The van der Waals surface area contributed by atoms with E-state index in [1.807, 2.05) is 0 Å².